The lowest BCUT2D eigenvalue weighted by atomic mass is 9.80. The summed E-state index contributed by atoms with van der Waals surface area (Å²) < 4.78 is 5.71. The highest BCUT2D eigenvalue weighted by Gasteiger charge is 2.44. The van der Waals surface area contributed by atoms with Crippen LogP contribution in [0.4, 0.5) is 0 Å². The van der Waals surface area contributed by atoms with Crippen molar-refractivity contribution in [3.8, 4) is 6.07 Å². The molecule has 1 aromatic carbocycles. The molecule has 0 aliphatic carbocycles. The summed E-state index contributed by atoms with van der Waals surface area (Å²) in [6.07, 6.45) is 0. The molecule has 1 atom stereocenters. The van der Waals surface area contributed by atoms with Crippen molar-refractivity contribution in [2.24, 2.45) is 5.41 Å². The summed E-state index contributed by atoms with van der Waals surface area (Å²) in [7, 11) is 1.55. The van der Waals surface area contributed by atoms with Gasteiger partial charge in [-0.1, -0.05) is 44.5 Å². The van der Waals surface area contributed by atoms with Crippen LogP contribution in [0.5, 0.6) is 0 Å². The molecule has 1 unspecified atom stereocenters. The SMILES string of the molecule is CNC1=C([N+](=O)[O-])C(c2cccc(Cl)c2)C(C#N)=C(C(C)(C)C)O1. The van der Waals surface area contributed by atoms with E-state index in [9.17, 15) is 15.4 Å². The van der Waals surface area contributed by atoms with E-state index in [-0.39, 0.29) is 17.2 Å². The highest BCUT2D eigenvalue weighted by Crippen LogP contribution is 2.45. The first-order valence-electron chi connectivity index (χ1n) is 7.35. The monoisotopic (exact) mass is 347 g/mol. The third kappa shape index (κ3) is 3.22. The summed E-state index contributed by atoms with van der Waals surface area (Å²) in [5, 5.41) is 24.6. The molecule has 2 rings (SSSR count). The van der Waals surface area contributed by atoms with E-state index in [0.717, 1.165) is 0 Å². The number of halogens is 1. The number of allylic oxidation sites excluding steroid dienone is 2. The Hall–Kier alpha value is -2.52. The first-order valence-corrected chi connectivity index (χ1v) is 7.72. The molecule has 0 saturated heterocycles. The topological polar surface area (TPSA) is 88.2 Å². The lowest BCUT2D eigenvalue weighted by Gasteiger charge is -2.31. The highest BCUT2D eigenvalue weighted by molar-refractivity contribution is 6.30. The number of nitrogens with one attached hydrogen (secondary N) is 1. The Morgan fingerprint density at radius 3 is 2.54 bits per heavy atom. The average Bonchev–Trinajstić information content (AvgIpc) is 2.51. The Bertz CT molecular complexity index is 785. The van der Waals surface area contributed by atoms with Gasteiger partial charge in [-0.05, 0) is 17.7 Å². The Morgan fingerprint density at radius 1 is 1.42 bits per heavy atom. The number of benzene rings is 1. The molecule has 24 heavy (non-hydrogen) atoms. The highest BCUT2D eigenvalue weighted by atomic mass is 35.5. The number of nitro groups is 1. The van der Waals surface area contributed by atoms with Crippen LogP contribution in [0.2, 0.25) is 5.02 Å². The summed E-state index contributed by atoms with van der Waals surface area (Å²) in [6.45, 7) is 5.66. The number of rotatable bonds is 3. The molecule has 1 heterocycles. The summed E-state index contributed by atoms with van der Waals surface area (Å²) >= 11 is 6.05. The van der Waals surface area contributed by atoms with E-state index >= 15 is 0 Å². The standard InChI is InChI=1S/C17H18ClN3O3/c1-17(2,3)15-12(9-19)13(10-6-5-7-11(18)8-10)14(21(22)23)16(20-4)24-15/h5-8,13,20H,1-4H3. The minimum atomic E-state index is -0.853. The fraction of sp³-hybridized carbons (Fsp3) is 0.353. The van der Waals surface area contributed by atoms with Gasteiger partial charge in [0.25, 0.3) is 5.88 Å². The Kier molecular flexibility index (Phi) is 4.86. The van der Waals surface area contributed by atoms with Crippen LogP contribution < -0.4 is 5.32 Å². The van der Waals surface area contributed by atoms with Gasteiger partial charge in [-0.2, -0.15) is 5.26 Å². The van der Waals surface area contributed by atoms with Crippen molar-refractivity contribution in [3.63, 3.8) is 0 Å². The van der Waals surface area contributed by atoms with Crippen molar-refractivity contribution >= 4 is 11.6 Å². The predicted octanol–water partition coefficient (Wildman–Crippen LogP) is 3.94. The molecule has 0 aromatic heterocycles. The van der Waals surface area contributed by atoms with Gasteiger partial charge in [0.05, 0.1) is 16.6 Å². The summed E-state index contributed by atoms with van der Waals surface area (Å²) in [4.78, 5) is 11.2. The van der Waals surface area contributed by atoms with Crippen LogP contribution in [0.15, 0.2) is 47.2 Å². The van der Waals surface area contributed by atoms with E-state index in [1.165, 1.54) is 0 Å². The molecule has 1 aliphatic heterocycles. The van der Waals surface area contributed by atoms with E-state index in [4.69, 9.17) is 16.3 Å². The van der Waals surface area contributed by atoms with Gasteiger partial charge in [0.1, 0.15) is 11.7 Å². The van der Waals surface area contributed by atoms with E-state index in [0.29, 0.717) is 16.3 Å². The van der Waals surface area contributed by atoms with Crippen LogP contribution in [0, 0.1) is 26.9 Å². The first kappa shape index (κ1) is 17.8. The molecule has 0 amide bonds. The van der Waals surface area contributed by atoms with E-state index in [1.54, 1.807) is 31.3 Å². The van der Waals surface area contributed by atoms with Crippen LogP contribution in [-0.2, 0) is 4.74 Å². The second-order valence-corrected chi connectivity index (χ2v) is 6.85. The molecule has 1 aliphatic rings. The van der Waals surface area contributed by atoms with Gasteiger partial charge in [0.15, 0.2) is 0 Å². The summed E-state index contributed by atoms with van der Waals surface area (Å²) in [6, 6.07) is 8.84. The quantitative estimate of drug-likeness (QED) is 0.660. The van der Waals surface area contributed by atoms with E-state index in [2.05, 4.69) is 11.4 Å². The van der Waals surface area contributed by atoms with Crippen molar-refractivity contribution in [2.45, 2.75) is 26.7 Å². The van der Waals surface area contributed by atoms with Crippen LogP contribution in [-0.4, -0.2) is 12.0 Å². The molecule has 0 fully saturated rings. The average molecular weight is 348 g/mol. The molecule has 0 saturated carbocycles. The smallest absolute Gasteiger partial charge is 0.318 e. The van der Waals surface area contributed by atoms with Crippen LogP contribution in [0.1, 0.15) is 32.3 Å². The van der Waals surface area contributed by atoms with E-state index < -0.39 is 16.3 Å². The molecular weight excluding hydrogens is 330 g/mol. The van der Waals surface area contributed by atoms with Gasteiger partial charge in [-0.15, -0.1) is 0 Å². The van der Waals surface area contributed by atoms with Gasteiger partial charge in [0.2, 0.25) is 0 Å². The number of nitriles is 1. The van der Waals surface area contributed by atoms with Crippen LogP contribution in [0.25, 0.3) is 0 Å². The molecule has 0 radical (unpaired) electrons. The third-order valence-electron chi connectivity index (χ3n) is 3.65. The van der Waals surface area contributed by atoms with Gasteiger partial charge >= 0.3 is 5.70 Å². The summed E-state index contributed by atoms with van der Waals surface area (Å²) in [5.41, 5.74) is 0.0925. The Labute approximate surface area is 145 Å². The molecule has 1 aromatic rings. The lowest BCUT2D eigenvalue weighted by molar-refractivity contribution is -0.433. The maximum absolute atomic E-state index is 11.7. The Morgan fingerprint density at radius 2 is 2.08 bits per heavy atom. The van der Waals surface area contributed by atoms with Gasteiger partial charge in [0, 0.05) is 17.5 Å². The molecule has 0 bridgehead atoms. The number of hydrogen-bond donors (Lipinski definition) is 1. The maximum atomic E-state index is 11.7. The Balaban J connectivity index is 2.80. The van der Waals surface area contributed by atoms with Gasteiger partial charge in [-0.3, -0.25) is 10.1 Å². The lowest BCUT2D eigenvalue weighted by Crippen LogP contribution is -2.30. The zero-order valence-corrected chi connectivity index (χ0v) is 14.6. The zero-order chi connectivity index (χ0) is 18.1. The maximum Gasteiger partial charge on any atom is 0.318 e. The minimum absolute atomic E-state index is 0.0360. The molecule has 7 heteroatoms. The van der Waals surface area contributed by atoms with Crippen molar-refractivity contribution in [1.29, 1.82) is 5.26 Å². The second kappa shape index (κ2) is 6.54. The molecule has 1 N–H and O–H groups in total. The molecule has 6 nitrogen and oxygen atoms in total. The van der Waals surface area contributed by atoms with Crippen molar-refractivity contribution < 1.29 is 9.66 Å². The van der Waals surface area contributed by atoms with Crippen molar-refractivity contribution in [1.82, 2.24) is 5.32 Å². The van der Waals surface area contributed by atoms with Gasteiger partial charge < -0.3 is 10.1 Å². The molecule has 126 valence electrons. The first-order chi connectivity index (χ1) is 11.2. The van der Waals surface area contributed by atoms with Crippen LogP contribution >= 0.6 is 11.6 Å². The van der Waals surface area contributed by atoms with Crippen molar-refractivity contribution in [3.05, 3.63) is 67.9 Å². The fourth-order valence-corrected chi connectivity index (χ4v) is 2.86. The van der Waals surface area contributed by atoms with Crippen LogP contribution in [0.3, 0.4) is 0 Å². The largest absolute Gasteiger partial charge is 0.438 e. The van der Waals surface area contributed by atoms with E-state index in [1.807, 2.05) is 20.8 Å². The zero-order valence-electron chi connectivity index (χ0n) is 13.9. The normalized spacial score (nSPS) is 18.1. The second-order valence-electron chi connectivity index (χ2n) is 6.42. The third-order valence-corrected chi connectivity index (χ3v) is 3.89. The number of nitrogens with zero attached hydrogens (tertiary/aromatic N) is 2. The predicted molar refractivity (Wildman–Crippen MR) is 90.5 cm³/mol. The number of hydrogen-bond acceptors (Lipinski definition) is 5. The van der Waals surface area contributed by atoms with Gasteiger partial charge in [-0.25, -0.2) is 0 Å². The molecular formula is C17H18ClN3O3. The fourth-order valence-electron chi connectivity index (χ4n) is 2.66. The molecule has 0 spiro atoms. The summed E-state index contributed by atoms with van der Waals surface area (Å²) in [5.74, 6) is -0.409. The minimum Gasteiger partial charge on any atom is -0.438 e. The van der Waals surface area contributed by atoms with Crippen molar-refractivity contribution in [2.75, 3.05) is 7.05 Å². The number of ether oxygens (including phenoxy) is 1.